The number of amides is 1. The van der Waals surface area contributed by atoms with E-state index in [1.165, 1.54) is 12.1 Å². The molecule has 2 rings (SSSR count). The van der Waals surface area contributed by atoms with Gasteiger partial charge in [0.1, 0.15) is 12.1 Å². The number of nitrogens with two attached hydrogens (primary N) is 1. The molecule has 0 aromatic heterocycles. The minimum atomic E-state index is -0.312. The van der Waals surface area contributed by atoms with Crippen molar-refractivity contribution in [2.45, 2.75) is 6.92 Å². The first-order chi connectivity index (χ1) is 10.0. The fraction of sp³-hybridized carbons (Fsp3) is 0.0625. The highest BCUT2D eigenvalue weighted by molar-refractivity contribution is 6.05. The van der Waals surface area contributed by atoms with Gasteiger partial charge in [-0.25, -0.2) is 0 Å². The minimum Gasteiger partial charge on any atom is -0.399 e. The van der Waals surface area contributed by atoms with E-state index in [9.17, 15) is 4.79 Å². The third kappa shape index (κ3) is 2.99. The van der Waals surface area contributed by atoms with Crippen molar-refractivity contribution in [3.05, 3.63) is 58.7 Å². The summed E-state index contributed by atoms with van der Waals surface area (Å²) >= 11 is 0. The average Bonchev–Trinajstić information content (AvgIpc) is 2.49. The van der Waals surface area contributed by atoms with Gasteiger partial charge in [0.25, 0.3) is 5.91 Å². The van der Waals surface area contributed by atoms with Crippen molar-refractivity contribution < 1.29 is 4.79 Å². The van der Waals surface area contributed by atoms with Crippen LogP contribution in [0.2, 0.25) is 0 Å². The molecule has 5 heteroatoms. The maximum absolute atomic E-state index is 12.2. The molecule has 3 N–H and O–H groups in total. The van der Waals surface area contributed by atoms with Crippen molar-refractivity contribution in [3.8, 4) is 12.1 Å². The molecule has 102 valence electrons. The van der Waals surface area contributed by atoms with E-state index in [0.717, 1.165) is 5.56 Å². The molecule has 0 aliphatic carbocycles. The number of carbonyl (C=O) groups is 1. The van der Waals surface area contributed by atoms with Gasteiger partial charge < -0.3 is 11.1 Å². The number of nitrogens with zero attached hydrogens (tertiary/aromatic N) is 2. The molecule has 0 heterocycles. The molecule has 0 aliphatic rings. The molecule has 0 unspecified atom stereocenters. The van der Waals surface area contributed by atoms with Crippen LogP contribution in [-0.4, -0.2) is 5.91 Å². The van der Waals surface area contributed by atoms with Crippen LogP contribution in [0.25, 0.3) is 0 Å². The summed E-state index contributed by atoms with van der Waals surface area (Å²) in [5, 5.41) is 20.5. The Bertz CT molecular complexity index is 797. The summed E-state index contributed by atoms with van der Waals surface area (Å²) in [5.41, 5.74) is 8.41. The second-order valence-electron chi connectivity index (χ2n) is 4.51. The van der Waals surface area contributed by atoms with E-state index in [-0.39, 0.29) is 17.0 Å². The van der Waals surface area contributed by atoms with Crippen LogP contribution in [0.4, 0.5) is 11.4 Å². The molecular formula is C16H12N4O. The van der Waals surface area contributed by atoms with Crippen LogP contribution in [0.1, 0.15) is 27.0 Å². The Morgan fingerprint density at radius 2 is 1.81 bits per heavy atom. The zero-order valence-corrected chi connectivity index (χ0v) is 11.3. The lowest BCUT2D eigenvalue weighted by atomic mass is 10.1. The summed E-state index contributed by atoms with van der Waals surface area (Å²) in [6, 6.07) is 13.5. The maximum atomic E-state index is 12.2. The van der Waals surface area contributed by atoms with Gasteiger partial charge in [0.05, 0.1) is 11.1 Å². The van der Waals surface area contributed by atoms with Gasteiger partial charge in [-0.15, -0.1) is 0 Å². The predicted octanol–water partition coefficient (Wildman–Crippen LogP) is 2.57. The molecule has 0 bridgehead atoms. The second-order valence-corrected chi connectivity index (χ2v) is 4.51. The molecule has 2 aromatic carbocycles. The van der Waals surface area contributed by atoms with E-state index in [4.69, 9.17) is 16.3 Å². The van der Waals surface area contributed by atoms with Crippen molar-refractivity contribution in [1.82, 2.24) is 0 Å². The molecule has 0 saturated carbocycles. The number of hydrogen-bond acceptors (Lipinski definition) is 4. The standard InChI is InChI=1S/C16H12N4O/c1-10-2-4-13(19)7-15(10)16(21)20-14-5-3-11(8-17)12(6-14)9-18/h2-7H,19H2,1H3,(H,20,21). The van der Waals surface area contributed by atoms with Crippen LogP contribution in [0.15, 0.2) is 36.4 Å². The lowest BCUT2D eigenvalue weighted by Crippen LogP contribution is -2.14. The van der Waals surface area contributed by atoms with Gasteiger partial charge in [-0.2, -0.15) is 10.5 Å². The molecule has 1 amide bonds. The van der Waals surface area contributed by atoms with E-state index in [2.05, 4.69) is 5.32 Å². The fourth-order valence-electron chi connectivity index (χ4n) is 1.89. The van der Waals surface area contributed by atoms with E-state index in [1.807, 2.05) is 19.1 Å². The number of carbonyl (C=O) groups excluding carboxylic acids is 1. The molecule has 2 aromatic rings. The Morgan fingerprint density at radius 1 is 1.10 bits per heavy atom. The molecule has 21 heavy (non-hydrogen) atoms. The summed E-state index contributed by atoms with van der Waals surface area (Å²) < 4.78 is 0. The number of benzene rings is 2. The van der Waals surface area contributed by atoms with E-state index in [0.29, 0.717) is 16.9 Å². The Morgan fingerprint density at radius 3 is 2.48 bits per heavy atom. The minimum absolute atomic E-state index is 0.222. The topological polar surface area (TPSA) is 103 Å². The number of nitrogen functional groups attached to an aromatic ring is 1. The Labute approximate surface area is 122 Å². The second kappa shape index (κ2) is 5.77. The quantitative estimate of drug-likeness (QED) is 0.823. The molecule has 0 fully saturated rings. The largest absolute Gasteiger partial charge is 0.399 e. The molecular weight excluding hydrogens is 264 g/mol. The van der Waals surface area contributed by atoms with Crippen molar-refractivity contribution in [2.24, 2.45) is 0 Å². The zero-order valence-electron chi connectivity index (χ0n) is 11.3. The number of hydrogen-bond donors (Lipinski definition) is 2. The van der Waals surface area contributed by atoms with E-state index >= 15 is 0 Å². The van der Waals surface area contributed by atoms with Crippen molar-refractivity contribution >= 4 is 17.3 Å². The normalized spacial score (nSPS) is 9.48. The first kappa shape index (κ1) is 14.1. The maximum Gasteiger partial charge on any atom is 0.256 e. The predicted molar refractivity (Wildman–Crippen MR) is 79.4 cm³/mol. The Hall–Kier alpha value is -3.31. The Kier molecular flexibility index (Phi) is 3.87. The number of rotatable bonds is 2. The molecule has 0 atom stereocenters. The van der Waals surface area contributed by atoms with Crippen LogP contribution in [0.3, 0.4) is 0 Å². The van der Waals surface area contributed by atoms with Crippen LogP contribution in [0, 0.1) is 29.6 Å². The fourth-order valence-corrected chi connectivity index (χ4v) is 1.89. The lowest BCUT2D eigenvalue weighted by Gasteiger charge is -2.09. The van der Waals surface area contributed by atoms with Crippen LogP contribution >= 0.6 is 0 Å². The lowest BCUT2D eigenvalue weighted by molar-refractivity contribution is 0.102. The van der Waals surface area contributed by atoms with Gasteiger partial charge in [-0.3, -0.25) is 4.79 Å². The van der Waals surface area contributed by atoms with Crippen LogP contribution in [-0.2, 0) is 0 Å². The van der Waals surface area contributed by atoms with Crippen molar-refractivity contribution in [1.29, 1.82) is 10.5 Å². The highest BCUT2D eigenvalue weighted by Crippen LogP contribution is 2.18. The highest BCUT2D eigenvalue weighted by atomic mass is 16.1. The molecule has 0 aliphatic heterocycles. The van der Waals surface area contributed by atoms with Gasteiger partial charge in [-0.05, 0) is 42.8 Å². The van der Waals surface area contributed by atoms with Gasteiger partial charge in [0, 0.05) is 16.9 Å². The molecule has 0 saturated heterocycles. The molecule has 0 radical (unpaired) electrons. The number of anilines is 2. The summed E-state index contributed by atoms with van der Waals surface area (Å²) in [4.78, 5) is 12.2. The number of aryl methyl sites for hydroxylation is 1. The van der Waals surface area contributed by atoms with Crippen LogP contribution in [0.5, 0.6) is 0 Å². The van der Waals surface area contributed by atoms with E-state index < -0.39 is 0 Å². The first-order valence-corrected chi connectivity index (χ1v) is 6.17. The SMILES string of the molecule is Cc1ccc(N)cc1C(=O)Nc1ccc(C#N)c(C#N)c1. The highest BCUT2D eigenvalue weighted by Gasteiger charge is 2.11. The summed E-state index contributed by atoms with van der Waals surface area (Å²) in [5.74, 6) is -0.312. The first-order valence-electron chi connectivity index (χ1n) is 6.17. The van der Waals surface area contributed by atoms with Gasteiger partial charge in [0.15, 0.2) is 0 Å². The summed E-state index contributed by atoms with van der Waals surface area (Å²) in [6.45, 7) is 1.81. The van der Waals surface area contributed by atoms with Gasteiger partial charge in [-0.1, -0.05) is 6.07 Å². The third-order valence-electron chi connectivity index (χ3n) is 3.02. The monoisotopic (exact) mass is 276 g/mol. The zero-order chi connectivity index (χ0) is 15.4. The number of nitrogens with one attached hydrogen (secondary N) is 1. The van der Waals surface area contributed by atoms with Crippen LogP contribution < -0.4 is 11.1 Å². The van der Waals surface area contributed by atoms with Gasteiger partial charge >= 0.3 is 0 Å². The summed E-state index contributed by atoms with van der Waals surface area (Å²) in [7, 11) is 0. The Balaban J connectivity index is 2.30. The van der Waals surface area contributed by atoms with E-state index in [1.54, 1.807) is 24.3 Å². The smallest absolute Gasteiger partial charge is 0.256 e. The number of nitriles is 2. The summed E-state index contributed by atoms with van der Waals surface area (Å²) in [6.07, 6.45) is 0. The molecule has 0 spiro atoms. The average molecular weight is 276 g/mol. The van der Waals surface area contributed by atoms with Crippen molar-refractivity contribution in [3.63, 3.8) is 0 Å². The van der Waals surface area contributed by atoms with Crippen molar-refractivity contribution in [2.75, 3.05) is 11.1 Å². The van der Waals surface area contributed by atoms with Gasteiger partial charge in [0.2, 0.25) is 0 Å². The third-order valence-corrected chi connectivity index (χ3v) is 3.02. The molecule has 5 nitrogen and oxygen atoms in total.